The van der Waals surface area contributed by atoms with E-state index in [-0.39, 0.29) is 42.8 Å². The summed E-state index contributed by atoms with van der Waals surface area (Å²) in [6.45, 7) is 6.05. The predicted molar refractivity (Wildman–Crippen MR) is 111 cm³/mol. The highest BCUT2D eigenvalue weighted by Gasteiger charge is 2.36. The Morgan fingerprint density at radius 2 is 1.79 bits per heavy atom. The van der Waals surface area contributed by atoms with Gasteiger partial charge in [0.15, 0.2) is 0 Å². The molecule has 6 heteroatoms. The minimum absolute atomic E-state index is 0.0156. The van der Waals surface area contributed by atoms with E-state index in [1.54, 1.807) is 4.90 Å². The molecule has 0 radical (unpaired) electrons. The molecule has 0 saturated heterocycles. The molecule has 28 heavy (non-hydrogen) atoms. The van der Waals surface area contributed by atoms with Crippen molar-refractivity contribution >= 4 is 23.4 Å². The van der Waals surface area contributed by atoms with E-state index in [0.29, 0.717) is 5.69 Å². The van der Waals surface area contributed by atoms with Gasteiger partial charge in [-0.05, 0) is 44.7 Å². The summed E-state index contributed by atoms with van der Waals surface area (Å²) in [5, 5.41) is 5.39. The van der Waals surface area contributed by atoms with E-state index in [1.807, 2.05) is 38.1 Å². The van der Waals surface area contributed by atoms with Crippen molar-refractivity contribution in [2.24, 2.45) is 5.92 Å². The van der Waals surface area contributed by atoms with Crippen LogP contribution >= 0.6 is 0 Å². The van der Waals surface area contributed by atoms with Gasteiger partial charge in [-0.3, -0.25) is 14.4 Å². The second-order valence-corrected chi connectivity index (χ2v) is 7.64. The number of hydrogen-bond acceptors (Lipinski definition) is 3. The number of unbranched alkanes of at least 4 members (excludes halogenated alkanes) is 1. The molecule has 154 valence electrons. The van der Waals surface area contributed by atoms with Gasteiger partial charge < -0.3 is 15.5 Å². The highest BCUT2D eigenvalue weighted by Crippen LogP contribution is 2.29. The molecule has 1 fully saturated rings. The van der Waals surface area contributed by atoms with Crippen LogP contribution in [0, 0.1) is 12.8 Å². The zero-order chi connectivity index (χ0) is 20.5. The highest BCUT2D eigenvalue weighted by molar-refractivity contribution is 5.95. The SMILES string of the molecule is CCCC[C@H](CC)C(=O)N(CC(=O)NCC(=O)Nc1ccc(C)cc1)C1CC1. The number of hydrogen-bond donors (Lipinski definition) is 2. The summed E-state index contributed by atoms with van der Waals surface area (Å²) in [6, 6.07) is 7.65. The number of rotatable bonds is 11. The highest BCUT2D eigenvalue weighted by atomic mass is 16.2. The third-order valence-corrected chi connectivity index (χ3v) is 5.11. The smallest absolute Gasteiger partial charge is 0.243 e. The van der Waals surface area contributed by atoms with Gasteiger partial charge in [-0.1, -0.05) is 44.4 Å². The maximum absolute atomic E-state index is 12.9. The van der Waals surface area contributed by atoms with Gasteiger partial charge in [-0.15, -0.1) is 0 Å². The number of nitrogens with zero attached hydrogens (tertiary/aromatic N) is 1. The molecule has 1 aliphatic carbocycles. The van der Waals surface area contributed by atoms with E-state index in [1.165, 1.54) is 0 Å². The molecule has 0 aromatic heterocycles. The van der Waals surface area contributed by atoms with Gasteiger partial charge in [0.1, 0.15) is 0 Å². The van der Waals surface area contributed by atoms with Crippen molar-refractivity contribution < 1.29 is 14.4 Å². The Balaban J connectivity index is 1.82. The topological polar surface area (TPSA) is 78.5 Å². The summed E-state index contributed by atoms with van der Waals surface area (Å²) in [6.07, 6.45) is 5.66. The average Bonchev–Trinajstić information content (AvgIpc) is 3.52. The number of carbonyl (C=O) groups is 3. The van der Waals surface area contributed by atoms with Crippen LogP contribution in [0.1, 0.15) is 57.9 Å². The van der Waals surface area contributed by atoms with E-state index < -0.39 is 0 Å². The zero-order valence-corrected chi connectivity index (χ0v) is 17.3. The fourth-order valence-electron chi connectivity index (χ4n) is 3.19. The lowest BCUT2D eigenvalue weighted by Crippen LogP contribution is -2.45. The Bertz CT molecular complexity index is 668. The molecule has 6 nitrogen and oxygen atoms in total. The lowest BCUT2D eigenvalue weighted by Gasteiger charge is -2.26. The van der Waals surface area contributed by atoms with Crippen LogP contribution in [0.5, 0.6) is 0 Å². The van der Waals surface area contributed by atoms with Crippen LogP contribution < -0.4 is 10.6 Å². The Kier molecular flexibility index (Phi) is 8.48. The first kappa shape index (κ1) is 21.9. The number of anilines is 1. The largest absolute Gasteiger partial charge is 0.345 e. The monoisotopic (exact) mass is 387 g/mol. The van der Waals surface area contributed by atoms with Crippen molar-refractivity contribution in [3.63, 3.8) is 0 Å². The summed E-state index contributed by atoms with van der Waals surface area (Å²) in [5.41, 5.74) is 1.81. The fraction of sp³-hybridized carbons (Fsp3) is 0.591. The summed E-state index contributed by atoms with van der Waals surface area (Å²) in [4.78, 5) is 39.0. The summed E-state index contributed by atoms with van der Waals surface area (Å²) < 4.78 is 0. The van der Waals surface area contributed by atoms with Crippen LogP contribution in [0.25, 0.3) is 0 Å². The maximum Gasteiger partial charge on any atom is 0.243 e. The lowest BCUT2D eigenvalue weighted by molar-refractivity contribution is -0.140. The molecule has 0 heterocycles. The van der Waals surface area contributed by atoms with Crippen LogP contribution in [0.4, 0.5) is 5.69 Å². The summed E-state index contributed by atoms with van der Waals surface area (Å²) in [5.74, 6) is -0.503. The Morgan fingerprint density at radius 3 is 2.36 bits per heavy atom. The number of nitrogens with one attached hydrogen (secondary N) is 2. The van der Waals surface area contributed by atoms with Gasteiger partial charge in [0, 0.05) is 17.6 Å². The zero-order valence-electron chi connectivity index (χ0n) is 17.3. The lowest BCUT2D eigenvalue weighted by atomic mass is 9.97. The van der Waals surface area contributed by atoms with Gasteiger partial charge in [-0.2, -0.15) is 0 Å². The summed E-state index contributed by atoms with van der Waals surface area (Å²) in [7, 11) is 0. The first-order valence-corrected chi connectivity index (χ1v) is 10.4. The van der Waals surface area contributed by atoms with Gasteiger partial charge in [-0.25, -0.2) is 0 Å². The van der Waals surface area contributed by atoms with E-state index in [2.05, 4.69) is 17.6 Å². The van der Waals surface area contributed by atoms with Crippen LogP contribution in [0.3, 0.4) is 0 Å². The fourth-order valence-corrected chi connectivity index (χ4v) is 3.19. The van der Waals surface area contributed by atoms with E-state index in [4.69, 9.17) is 0 Å². The Labute approximate surface area is 168 Å². The minimum Gasteiger partial charge on any atom is -0.345 e. The normalized spacial score (nSPS) is 14.2. The average molecular weight is 388 g/mol. The predicted octanol–water partition coefficient (Wildman–Crippen LogP) is 3.26. The first-order valence-electron chi connectivity index (χ1n) is 10.4. The molecule has 1 aromatic carbocycles. The molecule has 0 spiro atoms. The van der Waals surface area contributed by atoms with Crippen LogP contribution in [0.2, 0.25) is 0 Å². The van der Waals surface area contributed by atoms with Crippen molar-refractivity contribution in [2.45, 2.75) is 65.3 Å². The molecule has 0 aliphatic heterocycles. The van der Waals surface area contributed by atoms with Gasteiger partial charge in [0.05, 0.1) is 13.1 Å². The second-order valence-electron chi connectivity index (χ2n) is 7.64. The molecular weight excluding hydrogens is 354 g/mol. The molecule has 1 atom stereocenters. The number of carbonyl (C=O) groups excluding carboxylic acids is 3. The number of aryl methyl sites for hydroxylation is 1. The van der Waals surface area contributed by atoms with Crippen molar-refractivity contribution in [3.05, 3.63) is 29.8 Å². The third-order valence-electron chi connectivity index (χ3n) is 5.11. The molecule has 0 unspecified atom stereocenters. The maximum atomic E-state index is 12.9. The minimum atomic E-state index is -0.287. The van der Waals surface area contributed by atoms with Crippen LogP contribution in [-0.2, 0) is 14.4 Å². The molecule has 1 aliphatic rings. The molecular formula is C22H33N3O3. The molecule has 1 aromatic rings. The Morgan fingerprint density at radius 1 is 1.11 bits per heavy atom. The second kappa shape index (κ2) is 10.8. The van der Waals surface area contributed by atoms with Crippen molar-refractivity contribution in [1.82, 2.24) is 10.2 Å². The molecule has 0 bridgehead atoms. The van der Waals surface area contributed by atoms with Gasteiger partial charge in [0.25, 0.3) is 0 Å². The molecule has 3 amide bonds. The van der Waals surface area contributed by atoms with E-state index >= 15 is 0 Å². The third kappa shape index (κ3) is 6.98. The first-order chi connectivity index (χ1) is 13.4. The summed E-state index contributed by atoms with van der Waals surface area (Å²) >= 11 is 0. The molecule has 2 N–H and O–H groups in total. The van der Waals surface area contributed by atoms with E-state index in [9.17, 15) is 14.4 Å². The van der Waals surface area contributed by atoms with Crippen molar-refractivity contribution in [2.75, 3.05) is 18.4 Å². The standard InChI is InChI=1S/C22H33N3O3/c1-4-6-7-17(5-2)22(28)25(19-12-13-19)15-21(27)23-14-20(26)24-18-10-8-16(3)9-11-18/h8-11,17,19H,4-7,12-15H2,1-3H3,(H,23,27)(H,24,26)/t17-/m0/s1. The van der Waals surface area contributed by atoms with Gasteiger partial charge in [0.2, 0.25) is 17.7 Å². The van der Waals surface area contributed by atoms with Crippen molar-refractivity contribution in [3.8, 4) is 0 Å². The number of amides is 3. The Hall–Kier alpha value is -2.37. The van der Waals surface area contributed by atoms with Crippen LogP contribution in [-0.4, -0.2) is 41.8 Å². The van der Waals surface area contributed by atoms with Crippen molar-refractivity contribution in [1.29, 1.82) is 0 Å². The quantitative estimate of drug-likeness (QED) is 0.612. The number of benzene rings is 1. The van der Waals surface area contributed by atoms with E-state index in [0.717, 1.165) is 44.1 Å². The molecule has 2 rings (SSSR count). The molecule has 1 saturated carbocycles. The van der Waals surface area contributed by atoms with Gasteiger partial charge >= 0.3 is 0 Å². The van der Waals surface area contributed by atoms with Crippen LogP contribution in [0.15, 0.2) is 24.3 Å².